The first-order chi connectivity index (χ1) is 9.76. The largest absolute Gasteiger partial charge is 0.338 e. The molecule has 1 atom stereocenters. The second-order valence-corrected chi connectivity index (χ2v) is 5.66. The Morgan fingerprint density at radius 3 is 3.10 bits per heavy atom. The van der Waals surface area contributed by atoms with Crippen LogP contribution >= 0.6 is 0 Å². The number of nitrogens with one attached hydrogen (secondary N) is 1. The molecule has 0 saturated carbocycles. The van der Waals surface area contributed by atoms with Crippen LogP contribution in [0.1, 0.15) is 31.7 Å². The van der Waals surface area contributed by atoms with Gasteiger partial charge in [0.1, 0.15) is 0 Å². The van der Waals surface area contributed by atoms with Crippen molar-refractivity contribution < 1.29 is 0 Å². The van der Waals surface area contributed by atoms with Gasteiger partial charge in [0.25, 0.3) is 0 Å². The standard InChI is InChI=1S/C15H23N5/c1-3-9-19(11-13-5-4-8-16-13)15-17-14-7-6-12(2)10-20(14)18-15/h6-7,10,13,16H,3-5,8-9,11H2,1-2H3. The molecule has 0 amide bonds. The number of aromatic nitrogens is 3. The molecule has 1 fully saturated rings. The van der Waals surface area contributed by atoms with Gasteiger partial charge in [0.05, 0.1) is 0 Å². The van der Waals surface area contributed by atoms with Crippen molar-refractivity contribution in [3.05, 3.63) is 23.9 Å². The highest BCUT2D eigenvalue weighted by molar-refractivity contribution is 5.45. The molecule has 0 spiro atoms. The fraction of sp³-hybridized carbons (Fsp3) is 0.600. The summed E-state index contributed by atoms with van der Waals surface area (Å²) in [5.74, 6) is 0.853. The van der Waals surface area contributed by atoms with Gasteiger partial charge < -0.3 is 10.2 Å². The summed E-state index contributed by atoms with van der Waals surface area (Å²) in [6.45, 7) is 7.43. The minimum absolute atomic E-state index is 0.579. The average Bonchev–Trinajstić information content (AvgIpc) is 3.06. The van der Waals surface area contributed by atoms with E-state index < -0.39 is 0 Å². The maximum absolute atomic E-state index is 4.66. The number of rotatable bonds is 5. The summed E-state index contributed by atoms with van der Waals surface area (Å²) in [5.41, 5.74) is 2.12. The van der Waals surface area contributed by atoms with Gasteiger partial charge in [-0.05, 0) is 44.4 Å². The first kappa shape index (κ1) is 13.4. The molecule has 3 rings (SSSR count). The highest BCUT2D eigenvalue weighted by Gasteiger charge is 2.20. The third-order valence-corrected chi connectivity index (χ3v) is 3.85. The molecule has 0 bridgehead atoms. The normalized spacial score (nSPS) is 18.8. The summed E-state index contributed by atoms with van der Waals surface area (Å²) in [4.78, 5) is 6.98. The van der Waals surface area contributed by atoms with Crippen LogP contribution in [0.5, 0.6) is 0 Å². The quantitative estimate of drug-likeness (QED) is 0.905. The van der Waals surface area contributed by atoms with Crippen molar-refractivity contribution in [2.45, 2.75) is 39.2 Å². The van der Waals surface area contributed by atoms with Crippen molar-refractivity contribution in [1.29, 1.82) is 0 Å². The van der Waals surface area contributed by atoms with Gasteiger partial charge in [-0.1, -0.05) is 13.0 Å². The van der Waals surface area contributed by atoms with Crippen molar-refractivity contribution in [1.82, 2.24) is 19.9 Å². The molecule has 108 valence electrons. The van der Waals surface area contributed by atoms with Crippen LogP contribution in [0.4, 0.5) is 5.95 Å². The Labute approximate surface area is 120 Å². The van der Waals surface area contributed by atoms with Gasteiger partial charge in [0.15, 0.2) is 5.65 Å². The lowest BCUT2D eigenvalue weighted by molar-refractivity contribution is 0.571. The van der Waals surface area contributed by atoms with Crippen LogP contribution in [0.3, 0.4) is 0 Å². The van der Waals surface area contributed by atoms with E-state index in [-0.39, 0.29) is 0 Å². The fourth-order valence-corrected chi connectivity index (χ4v) is 2.83. The van der Waals surface area contributed by atoms with E-state index in [1.54, 1.807) is 0 Å². The second kappa shape index (κ2) is 5.79. The third-order valence-electron chi connectivity index (χ3n) is 3.85. The molecule has 1 saturated heterocycles. The zero-order valence-corrected chi connectivity index (χ0v) is 12.3. The molecule has 1 unspecified atom stereocenters. The number of aryl methyl sites for hydroxylation is 1. The van der Waals surface area contributed by atoms with E-state index in [4.69, 9.17) is 0 Å². The van der Waals surface area contributed by atoms with Gasteiger partial charge in [0.2, 0.25) is 5.95 Å². The predicted octanol–water partition coefficient (Wildman–Crippen LogP) is 2.01. The third kappa shape index (κ3) is 2.77. The van der Waals surface area contributed by atoms with Crippen molar-refractivity contribution in [2.24, 2.45) is 0 Å². The van der Waals surface area contributed by atoms with Crippen molar-refractivity contribution in [3.63, 3.8) is 0 Å². The zero-order chi connectivity index (χ0) is 13.9. The summed E-state index contributed by atoms with van der Waals surface area (Å²) >= 11 is 0. The lowest BCUT2D eigenvalue weighted by Crippen LogP contribution is -2.38. The van der Waals surface area contributed by atoms with Crippen LogP contribution in [-0.2, 0) is 0 Å². The van der Waals surface area contributed by atoms with Gasteiger partial charge in [-0.3, -0.25) is 0 Å². The van der Waals surface area contributed by atoms with E-state index in [0.717, 1.165) is 37.7 Å². The van der Waals surface area contributed by atoms with E-state index in [9.17, 15) is 0 Å². The second-order valence-electron chi connectivity index (χ2n) is 5.66. The molecule has 2 aromatic heterocycles. The molecule has 1 aliphatic heterocycles. The molecule has 2 aromatic rings. The van der Waals surface area contributed by atoms with Crippen LogP contribution in [-0.4, -0.2) is 40.3 Å². The van der Waals surface area contributed by atoms with E-state index in [2.05, 4.69) is 40.2 Å². The number of hydrogen-bond donors (Lipinski definition) is 1. The summed E-state index contributed by atoms with van der Waals surface area (Å²) in [5, 5.41) is 8.19. The van der Waals surface area contributed by atoms with Gasteiger partial charge in [-0.2, -0.15) is 4.98 Å². The number of anilines is 1. The van der Waals surface area contributed by atoms with Gasteiger partial charge in [0, 0.05) is 25.3 Å². The van der Waals surface area contributed by atoms with Crippen LogP contribution < -0.4 is 10.2 Å². The summed E-state index contributed by atoms with van der Waals surface area (Å²) in [6.07, 6.45) is 5.68. The topological polar surface area (TPSA) is 45.5 Å². The van der Waals surface area contributed by atoms with Gasteiger partial charge in [-0.15, -0.1) is 5.10 Å². The first-order valence-corrected chi connectivity index (χ1v) is 7.57. The van der Waals surface area contributed by atoms with Crippen molar-refractivity contribution in [3.8, 4) is 0 Å². The first-order valence-electron chi connectivity index (χ1n) is 7.57. The Bertz CT molecular complexity index is 571. The molecule has 5 heteroatoms. The lowest BCUT2D eigenvalue weighted by atomic mass is 10.2. The van der Waals surface area contributed by atoms with Crippen molar-refractivity contribution in [2.75, 3.05) is 24.5 Å². The Balaban J connectivity index is 1.83. The van der Waals surface area contributed by atoms with Crippen LogP contribution in [0.15, 0.2) is 18.3 Å². The van der Waals surface area contributed by atoms with Gasteiger partial charge >= 0.3 is 0 Å². The van der Waals surface area contributed by atoms with Crippen LogP contribution in [0, 0.1) is 6.92 Å². The van der Waals surface area contributed by atoms with E-state index in [0.29, 0.717) is 6.04 Å². The van der Waals surface area contributed by atoms with Crippen molar-refractivity contribution >= 4 is 11.6 Å². The Hall–Kier alpha value is -1.62. The summed E-state index contributed by atoms with van der Waals surface area (Å²) in [6, 6.07) is 4.69. The smallest absolute Gasteiger partial charge is 0.245 e. The Morgan fingerprint density at radius 1 is 1.45 bits per heavy atom. The van der Waals surface area contributed by atoms with Gasteiger partial charge in [-0.25, -0.2) is 4.52 Å². The summed E-state index contributed by atoms with van der Waals surface area (Å²) < 4.78 is 1.88. The average molecular weight is 273 g/mol. The molecule has 0 aliphatic carbocycles. The monoisotopic (exact) mass is 273 g/mol. The SMILES string of the molecule is CCCN(CC1CCCN1)c1nc2ccc(C)cn2n1. The molecule has 0 radical (unpaired) electrons. The maximum atomic E-state index is 4.66. The van der Waals surface area contributed by atoms with E-state index in [1.807, 2.05) is 16.8 Å². The number of fused-ring (bicyclic) bond motifs is 1. The van der Waals surface area contributed by atoms with E-state index >= 15 is 0 Å². The summed E-state index contributed by atoms with van der Waals surface area (Å²) in [7, 11) is 0. The maximum Gasteiger partial charge on any atom is 0.245 e. The number of nitrogens with zero attached hydrogens (tertiary/aromatic N) is 4. The predicted molar refractivity (Wildman–Crippen MR) is 81.3 cm³/mol. The Morgan fingerprint density at radius 2 is 2.35 bits per heavy atom. The molecular formula is C15H23N5. The number of hydrogen-bond acceptors (Lipinski definition) is 4. The molecule has 20 heavy (non-hydrogen) atoms. The van der Waals surface area contributed by atoms with Crippen LogP contribution in [0.2, 0.25) is 0 Å². The molecular weight excluding hydrogens is 250 g/mol. The molecule has 1 N–H and O–H groups in total. The molecule has 0 aromatic carbocycles. The lowest BCUT2D eigenvalue weighted by Gasteiger charge is -2.23. The highest BCUT2D eigenvalue weighted by atomic mass is 15.4. The Kier molecular flexibility index (Phi) is 3.87. The zero-order valence-electron chi connectivity index (χ0n) is 12.3. The van der Waals surface area contributed by atoms with Crippen LogP contribution in [0.25, 0.3) is 5.65 Å². The molecule has 1 aliphatic rings. The molecule has 5 nitrogen and oxygen atoms in total. The minimum atomic E-state index is 0.579. The minimum Gasteiger partial charge on any atom is -0.338 e. The fourth-order valence-electron chi connectivity index (χ4n) is 2.83. The highest BCUT2D eigenvalue weighted by Crippen LogP contribution is 2.15. The number of pyridine rings is 1. The van der Waals surface area contributed by atoms with E-state index in [1.165, 1.54) is 18.4 Å². The molecule has 3 heterocycles.